The second kappa shape index (κ2) is 7.15. The van der Waals surface area contributed by atoms with Crippen LogP contribution in [-0.4, -0.2) is 39.9 Å². The highest BCUT2D eigenvalue weighted by Gasteiger charge is 2.27. The van der Waals surface area contributed by atoms with Crippen molar-refractivity contribution in [3.05, 3.63) is 53.1 Å². The van der Waals surface area contributed by atoms with Gasteiger partial charge in [0, 0.05) is 36.4 Å². The maximum atomic E-state index is 12.5. The molecule has 122 valence electrons. The minimum Gasteiger partial charge on any atom is -0.348 e. The highest BCUT2D eigenvalue weighted by Crippen LogP contribution is 2.25. The Morgan fingerprint density at radius 2 is 2.04 bits per heavy atom. The highest BCUT2D eigenvalue weighted by molar-refractivity contribution is 6.30. The van der Waals surface area contributed by atoms with E-state index in [1.807, 2.05) is 35.4 Å². The molecule has 0 saturated carbocycles. The molecule has 3 N–H and O–H groups in total. The smallest absolute Gasteiger partial charge is 0.239 e. The van der Waals surface area contributed by atoms with Crippen LogP contribution in [0.1, 0.15) is 30.1 Å². The van der Waals surface area contributed by atoms with Crippen LogP contribution in [0, 0.1) is 0 Å². The van der Waals surface area contributed by atoms with Gasteiger partial charge < -0.3 is 15.6 Å². The van der Waals surface area contributed by atoms with Crippen molar-refractivity contribution in [1.82, 2.24) is 14.9 Å². The molecule has 2 aromatic rings. The Balaban J connectivity index is 1.53. The van der Waals surface area contributed by atoms with Gasteiger partial charge in [0.05, 0.1) is 6.04 Å². The van der Waals surface area contributed by atoms with Crippen LogP contribution in [0.25, 0.3) is 0 Å². The van der Waals surface area contributed by atoms with Crippen molar-refractivity contribution in [3.8, 4) is 0 Å². The molecule has 1 aliphatic rings. The molecule has 1 atom stereocenters. The molecular formula is C17H21ClN4O. The third-order valence-corrected chi connectivity index (χ3v) is 4.65. The standard InChI is InChI=1S/C17H21ClN4O/c18-14-3-1-12(2-4-14)11-15(19)17(23)22-9-5-13(6-10-22)16-20-7-8-21-16/h1-4,7-8,13,15H,5-6,9-11,19H2,(H,20,21). The number of H-pyrrole nitrogens is 1. The van der Waals surface area contributed by atoms with E-state index >= 15 is 0 Å². The first-order valence-electron chi connectivity index (χ1n) is 7.91. The predicted molar refractivity (Wildman–Crippen MR) is 90.3 cm³/mol. The van der Waals surface area contributed by atoms with E-state index in [0.717, 1.165) is 37.3 Å². The summed E-state index contributed by atoms with van der Waals surface area (Å²) in [5.74, 6) is 1.45. The Morgan fingerprint density at radius 3 is 2.65 bits per heavy atom. The second-order valence-corrected chi connectivity index (χ2v) is 6.45. The number of rotatable bonds is 4. The first-order chi connectivity index (χ1) is 11.1. The van der Waals surface area contributed by atoms with E-state index in [9.17, 15) is 4.79 Å². The molecule has 1 aromatic carbocycles. The van der Waals surface area contributed by atoms with Gasteiger partial charge in [-0.05, 0) is 37.0 Å². The van der Waals surface area contributed by atoms with Crippen molar-refractivity contribution in [3.63, 3.8) is 0 Å². The fraction of sp³-hybridized carbons (Fsp3) is 0.412. The number of aromatic nitrogens is 2. The number of hydrogen-bond acceptors (Lipinski definition) is 3. The normalized spacial score (nSPS) is 17.2. The number of amides is 1. The molecule has 3 rings (SSSR count). The third-order valence-electron chi connectivity index (χ3n) is 4.40. The van der Waals surface area contributed by atoms with Gasteiger partial charge in [0.1, 0.15) is 5.82 Å². The number of nitrogens with two attached hydrogens (primary N) is 1. The molecule has 6 heteroatoms. The Hall–Kier alpha value is -1.85. The predicted octanol–water partition coefficient (Wildman–Crippen LogP) is 2.34. The van der Waals surface area contributed by atoms with E-state index in [1.54, 1.807) is 6.20 Å². The molecular weight excluding hydrogens is 312 g/mol. The molecule has 1 fully saturated rings. The van der Waals surface area contributed by atoms with Crippen LogP contribution >= 0.6 is 11.6 Å². The maximum absolute atomic E-state index is 12.5. The van der Waals surface area contributed by atoms with Crippen LogP contribution in [0.4, 0.5) is 0 Å². The molecule has 2 heterocycles. The van der Waals surface area contributed by atoms with Crippen LogP contribution in [0.2, 0.25) is 5.02 Å². The van der Waals surface area contributed by atoms with Gasteiger partial charge in [0.25, 0.3) is 0 Å². The number of likely N-dealkylation sites (tertiary alicyclic amines) is 1. The van der Waals surface area contributed by atoms with Gasteiger partial charge in [-0.2, -0.15) is 0 Å². The number of hydrogen-bond donors (Lipinski definition) is 2. The zero-order chi connectivity index (χ0) is 16.2. The lowest BCUT2D eigenvalue weighted by atomic mass is 9.95. The largest absolute Gasteiger partial charge is 0.348 e. The topological polar surface area (TPSA) is 75.0 Å². The summed E-state index contributed by atoms with van der Waals surface area (Å²) in [5, 5.41) is 0.689. The third kappa shape index (κ3) is 3.92. The summed E-state index contributed by atoms with van der Waals surface area (Å²) in [4.78, 5) is 21.9. The number of halogens is 1. The van der Waals surface area contributed by atoms with E-state index in [4.69, 9.17) is 17.3 Å². The zero-order valence-electron chi connectivity index (χ0n) is 12.9. The average Bonchev–Trinajstić information content (AvgIpc) is 3.11. The lowest BCUT2D eigenvalue weighted by molar-refractivity contribution is -0.133. The first kappa shape index (κ1) is 16.0. The summed E-state index contributed by atoms with van der Waals surface area (Å²) in [6.07, 6.45) is 6.00. The molecule has 0 aliphatic carbocycles. The van der Waals surface area contributed by atoms with Gasteiger partial charge in [-0.25, -0.2) is 4.98 Å². The molecule has 1 unspecified atom stereocenters. The van der Waals surface area contributed by atoms with Crippen LogP contribution in [0.5, 0.6) is 0 Å². The summed E-state index contributed by atoms with van der Waals surface area (Å²) >= 11 is 5.87. The van der Waals surface area contributed by atoms with Crippen molar-refractivity contribution in [2.45, 2.75) is 31.2 Å². The number of aromatic amines is 1. The molecule has 0 spiro atoms. The van der Waals surface area contributed by atoms with Crippen molar-refractivity contribution >= 4 is 17.5 Å². The van der Waals surface area contributed by atoms with Gasteiger partial charge in [0.2, 0.25) is 5.91 Å². The average molecular weight is 333 g/mol. The second-order valence-electron chi connectivity index (χ2n) is 6.01. The monoisotopic (exact) mass is 332 g/mol. The van der Waals surface area contributed by atoms with E-state index in [-0.39, 0.29) is 5.91 Å². The summed E-state index contributed by atoms with van der Waals surface area (Å²) in [5.41, 5.74) is 7.13. The number of carbonyl (C=O) groups is 1. The molecule has 1 saturated heterocycles. The minimum atomic E-state index is -0.503. The minimum absolute atomic E-state index is 0.0258. The van der Waals surface area contributed by atoms with Crippen molar-refractivity contribution in [2.24, 2.45) is 5.73 Å². The molecule has 23 heavy (non-hydrogen) atoms. The lowest BCUT2D eigenvalue weighted by Crippen LogP contribution is -2.47. The van der Waals surface area contributed by atoms with E-state index in [1.165, 1.54) is 0 Å². The van der Waals surface area contributed by atoms with Gasteiger partial charge in [0.15, 0.2) is 0 Å². The number of piperidine rings is 1. The SMILES string of the molecule is NC(Cc1ccc(Cl)cc1)C(=O)N1CCC(c2ncc[nH]2)CC1. The number of benzene rings is 1. The van der Waals surface area contributed by atoms with E-state index < -0.39 is 6.04 Å². The Morgan fingerprint density at radius 1 is 1.35 bits per heavy atom. The number of nitrogens with zero attached hydrogens (tertiary/aromatic N) is 2. The number of nitrogens with one attached hydrogen (secondary N) is 1. The fourth-order valence-electron chi connectivity index (χ4n) is 3.07. The molecule has 5 nitrogen and oxygen atoms in total. The van der Waals surface area contributed by atoms with Crippen LogP contribution < -0.4 is 5.73 Å². The Labute approximate surface area is 140 Å². The van der Waals surface area contributed by atoms with Crippen LogP contribution in [0.15, 0.2) is 36.7 Å². The quantitative estimate of drug-likeness (QED) is 0.902. The number of carbonyl (C=O) groups excluding carboxylic acids is 1. The van der Waals surface area contributed by atoms with Crippen molar-refractivity contribution in [2.75, 3.05) is 13.1 Å². The van der Waals surface area contributed by atoms with Crippen LogP contribution in [0.3, 0.4) is 0 Å². The Bertz CT molecular complexity index is 633. The van der Waals surface area contributed by atoms with Gasteiger partial charge >= 0.3 is 0 Å². The lowest BCUT2D eigenvalue weighted by Gasteiger charge is -2.32. The molecule has 0 radical (unpaired) electrons. The van der Waals surface area contributed by atoms with Crippen molar-refractivity contribution < 1.29 is 4.79 Å². The van der Waals surface area contributed by atoms with E-state index in [0.29, 0.717) is 17.4 Å². The van der Waals surface area contributed by atoms with Gasteiger partial charge in [-0.3, -0.25) is 4.79 Å². The van der Waals surface area contributed by atoms with Gasteiger partial charge in [-0.1, -0.05) is 23.7 Å². The fourth-order valence-corrected chi connectivity index (χ4v) is 3.20. The van der Waals surface area contributed by atoms with Crippen molar-refractivity contribution in [1.29, 1.82) is 0 Å². The molecule has 1 amide bonds. The summed E-state index contributed by atoms with van der Waals surface area (Å²) in [7, 11) is 0. The summed E-state index contributed by atoms with van der Waals surface area (Å²) in [6, 6.07) is 6.97. The molecule has 1 aromatic heterocycles. The maximum Gasteiger partial charge on any atom is 0.239 e. The molecule has 1 aliphatic heterocycles. The summed E-state index contributed by atoms with van der Waals surface area (Å²) < 4.78 is 0. The highest BCUT2D eigenvalue weighted by atomic mass is 35.5. The van der Waals surface area contributed by atoms with E-state index in [2.05, 4.69) is 9.97 Å². The first-order valence-corrected chi connectivity index (χ1v) is 8.29. The van der Waals surface area contributed by atoms with Crippen LogP contribution in [-0.2, 0) is 11.2 Å². The Kier molecular flexibility index (Phi) is 4.98. The zero-order valence-corrected chi connectivity index (χ0v) is 13.7. The summed E-state index contributed by atoms with van der Waals surface area (Å²) in [6.45, 7) is 1.47. The van der Waals surface area contributed by atoms with Gasteiger partial charge in [-0.15, -0.1) is 0 Å². The molecule has 0 bridgehead atoms. The number of imidazole rings is 1.